The summed E-state index contributed by atoms with van der Waals surface area (Å²) in [6.45, 7) is 2.56. The van der Waals surface area contributed by atoms with Crippen molar-refractivity contribution in [2.45, 2.75) is 12.5 Å². The van der Waals surface area contributed by atoms with Gasteiger partial charge < -0.3 is 25.4 Å². The van der Waals surface area contributed by atoms with E-state index in [1.165, 1.54) is 0 Å². The Labute approximate surface area is 124 Å². The summed E-state index contributed by atoms with van der Waals surface area (Å²) in [4.78, 5) is 24.6. The number of amides is 2. The van der Waals surface area contributed by atoms with E-state index >= 15 is 0 Å². The number of hydrogen-bond acceptors (Lipinski definition) is 5. The largest absolute Gasteiger partial charge is 0.480 e. The van der Waals surface area contributed by atoms with Gasteiger partial charge in [-0.05, 0) is 25.5 Å². The molecule has 0 saturated carbocycles. The van der Waals surface area contributed by atoms with E-state index in [2.05, 4.69) is 10.6 Å². The monoisotopic (exact) mass is 307 g/mol. The van der Waals surface area contributed by atoms with Crippen molar-refractivity contribution in [1.29, 1.82) is 0 Å². The summed E-state index contributed by atoms with van der Waals surface area (Å²) in [7, 11) is 3.57. The molecule has 20 heavy (non-hydrogen) atoms. The van der Waals surface area contributed by atoms with Gasteiger partial charge in [-0.25, -0.2) is 9.59 Å². The molecular formula is C12H25N3O4S. The van der Waals surface area contributed by atoms with Crippen molar-refractivity contribution in [3.8, 4) is 0 Å². The van der Waals surface area contributed by atoms with E-state index in [-0.39, 0.29) is 0 Å². The highest BCUT2D eigenvalue weighted by atomic mass is 32.2. The van der Waals surface area contributed by atoms with Crippen LogP contribution < -0.4 is 10.6 Å². The maximum absolute atomic E-state index is 11.6. The van der Waals surface area contributed by atoms with Gasteiger partial charge in [0.25, 0.3) is 0 Å². The smallest absolute Gasteiger partial charge is 0.326 e. The molecule has 0 saturated heterocycles. The minimum Gasteiger partial charge on any atom is -0.480 e. The zero-order chi connectivity index (χ0) is 15.4. The fourth-order valence-corrected chi connectivity index (χ4v) is 1.89. The van der Waals surface area contributed by atoms with Gasteiger partial charge in [-0.3, -0.25) is 0 Å². The lowest BCUT2D eigenvalue weighted by atomic mass is 10.2. The number of carbonyl (C=O) groups is 2. The first-order chi connectivity index (χ1) is 9.51. The second-order valence-corrected chi connectivity index (χ2v) is 5.35. The van der Waals surface area contributed by atoms with Crippen molar-refractivity contribution < 1.29 is 19.4 Å². The summed E-state index contributed by atoms with van der Waals surface area (Å²) in [5.74, 6) is -0.316. The molecule has 0 fully saturated rings. The molecule has 3 N–H and O–H groups in total. The Morgan fingerprint density at radius 2 is 2.10 bits per heavy atom. The van der Waals surface area contributed by atoms with Crippen LogP contribution in [0.2, 0.25) is 0 Å². The number of urea groups is 1. The number of hydrogen-bond donors (Lipinski definition) is 3. The van der Waals surface area contributed by atoms with Crippen molar-refractivity contribution in [3.63, 3.8) is 0 Å². The lowest BCUT2D eigenvalue weighted by Gasteiger charge is -2.18. The van der Waals surface area contributed by atoms with E-state index in [0.717, 1.165) is 6.54 Å². The summed E-state index contributed by atoms with van der Waals surface area (Å²) >= 11 is 1.55. The van der Waals surface area contributed by atoms with Crippen LogP contribution in [0.15, 0.2) is 0 Å². The highest BCUT2D eigenvalue weighted by molar-refractivity contribution is 7.98. The fraction of sp³-hybridized carbons (Fsp3) is 0.833. The van der Waals surface area contributed by atoms with Crippen molar-refractivity contribution in [2.75, 3.05) is 52.4 Å². The molecule has 0 heterocycles. The molecule has 118 valence electrons. The van der Waals surface area contributed by atoms with Gasteiger partial charge in [0.05, 0.1) is 6.61 Å². The third kappa shape index (κ3) is 9.88. The van der Waals surface area contributed by atoms with E-state index in [1.54, 1.807) is 18.9 Å². The Morgan fingerprint density at radius 3 is 2.65 bits per heavy atom. The summed E-state index contributed by atoms with van der Waals surface area (Å²) in [5.41, 5.74) is 0. The summed E-state index contributed by atoms with van der Waals surface area (Å²) in [6.07, 6.45) is 2.31. The Balaban J connectivity index is 3.87. The van der Waals surface area contributed by atoms with Crippen LogP contribution in [-0.4, -0.2) is 80.5 Å². The average Bonchev–Trinajstić information content (AvgIpc) is 2.40. The number of carboxylic acids is 1. The lowest BCUT2D eigenvalue weighted by molar-refractivity contribution is -0.139. The molecule has 1 unspecified atom stereocenters. The van der Waals surface area contributed by atoms with Gasteiger partial charge >= 0.3 is 12.0 Å². The van der Waals surface area contributed by atoms with Gasteiger partial charge in [0.15, 0.2) is 0 Å². The van der Waals surface area contributed by atoms with Crippen LogP contribution in [0.4, 0.5) is 4.79 Å². The van der Waals surface area contributed by atoms with Gasteiger partial charge in [0, 0.05) is 26.7 Å². The molecule has 0 aliphatic carbocycles. The molecule has 2 amide bonds. The Morgan fingerprint density at radius 1 is 1.40 bits per heavy atom. The van der Waals surface area contributed by atoms with Crippen molar-refractivity contribution in [1.82, 2.24) is 15.5 Å². The van der Waals surface area contributed by atoms with Crippen molar-refractivity contribution in [3.05, 3.63) is 0 Å². The number of nitrogens with one attached hydrogen (secondary N) is 2. The Hall–Kier alpha value is -0.990. The molecule has 0 spiro atoms. The minimum atomic E-state index is -1.01. The van der Waals surface area contributed by atoms with E-state index in [1.807, 2.05) is 18.2 Å². The molecule has 0 aromatic carbocycles. The number of aliphatic carboxylic acids is 1. The number of thioether (sulfide) groups is 1. The van der Waals surface area contributed by atoms with Gasteiger partial charge in [-0.2, -0.15) is 11.8 Å². The lowest BCUT2D eigenvalue weighted by Crippen LogP contribution is -2.47. The van der Waals surface area contributed by atoms with Crippen LogP contribution in [0.25, 0.3) is 0 Å². The zero-order valence-corrected chi connectivity index (χ0v) is 13.2. The van der Waals surface area contributed by atoms with E-state index in [9.17, 15) is 9.59 Å². The van der Waals surface area contributed by atoms with Crippen molar-refractivity contribution >= 4 is 23.8 Å². The maximum Gasteiger partial charge on any atom is 0.326 e. The molecule has 0 rings (SSSR count). The summed E-state index contributed by atoms with van der Waals surface area (Å²) < 4.78 is 4.95. The fourth-order valence-electron chi connectivity index (χ4n) is 1.42. The first kappa shape index (κ1) is 19.0. The number of carbonyl (C=O) groups excluding carboxylic acids is 1. The predicted octanol–water partition coefficient (Wildman–Crippen LogP) is 0.0701. The molecule has 0 aromatic heterocycles. The Kier molecular flexibility index (Phi) is 11.2. The predicted molar refractivity (Wildman–Crippen MR) is 80.3 cm³/mol. The zero-order valence-electron chi connectivity index (χ0n) is 12.3. The van der Waals surface area contributed by atoms with Crippen molar-refractivity contribution in [2.24, 2.45) is 0 Å². The summed E-state index contributed by atoms with van der Waals surface area (Å²) in [6, 6.07) is -1.28. The van der Waals surface area contributed by atoms with E-state index < -0.39 is 18.0 Å². The second kappa shape index (κ2) is 11.8. The standard InChI is InChI=1S/C12H25N3O4S/c1-15(7-8-19-2)6-5-13-12(18)14-10(11(16)17)4-9-20-3/h10H,4-9H2,1-3H3,(H,16,17)(H2,13,14,18). The SMILES string of the molecule is COCCN(C)CCNC(=O)NC(CCSC)C(=O)O. The van der Waals surface area contributed by atoms with Crippen LogP contribution in [-0.2, 0) is 9.53 Å². The maximum atomic E-state index is 11.6. The average molecular weight is 307 g/mol. The van der Waals surface area contributed by atoms with Crippen LogP contribution in [0, 0.1) is 0 Å². The normalized spacial score (nSPS) is 12.2. The van der Waals surface area contributed by atoms with Gasteiger partial charge in [0.2, 0.25) is 0 Å². The van der Waals surface area contributed by atoms with Crippen LogP contribution in [0.5, 0.6) is 0 Å². The molecule has 8 heteroatoms. The number of rotatable bonds is 11. The van der Waals surface area contributed by atoms with Gasteiger partial charge in [-0.1, -0.05) is 0 Å². The molecule has 0 aliphatic heterocycles. The van der Waals surface area contributed by atoms with E-state index in [4.69, 9.17) is 9.84 Å². The highest BCUT2D eigenvalue weighted by Crippen LogP contribution is 2.00. The molecular weight excluding hydrogens is 282 g/mol. The third-order valence-electron chi connectivity index (χ3n) is 2.67. The second-order valence-electron chi connectivity index (χ2n) is 4.37. The third-order valence-corrected chi connectivity index (χ3v) is 3.31. The van der Waals surface area contributed by atoms with Gasteiger partial charge in [0.1, 0.15) is 6.04 Å². The number of nitrogens with zero attached hydrogens (tertiary/aromatic N) is 1. The van der Waals surface area contributed by atoms with Crippen LogP contribution in [0.3, 0.4) is 0 Å². The van der Waals surface area contributed by atoms with Crippen LogP contribution >= 0.6 is 11.8 Å². The van der Waals surface area contributed by atoms with E-state index in [0.29, 0.717) is 31.9 Å². The molecule has 0 radical (unpaired) electrons. The first-order valence-corrected chi connectivity index (χ1v) is 7.84. The topological polar surface area (TPSA) is 90.9 Å². The molecule has 7 nitrogen and oxygen atoms in total. The number of likely N-dealkylation sites (N-methyl/N-ethyl adjacent to an activating group) is 1. The highest BCUT2D eigenvalue weighted by Gasteiger charge is 2.18. The number of carboxylic acid groups (broad SMARTS) is 1. The summed E-state index contributed by atoms with van der Waals surface area (Å²) in [5, 5.41) is 14.1. The first-order valence-electron chi connectivity index (χ1n) is 6.44. The molecule has 0 aliphatic rings. The van der Waals surface area contributed by atoms with Gasteiger partial charge in [-0.15, -0.1) is 0 Å². The molecule has 0 bridgehead atoms. The minimum absolute atomic E-state index is 0.414. The van der Waals surface area contributed by atoms with Crippen LogP contribution in [0.1, 0.15) is 6.42 Å². The molecule has 0 aromatic rings. The quantitative estimate of drug-likeness (QED) is 0.500. The molecule has 1 atom stereocenters. The number of methoxy groups -OCH3 is 1. The Bertz CT molecular complexity index is 292. The number of ether oxygens (including phenoxy) is 1.